The topological polar surface area (TPSA) is 77.7 Å². The van der Waals surface area contributed by atoms with Crippen LogP contribution in [0.5, 0.6) is 0 Å². The predicted molar refractivity (Wildman–Crippen MR) is 127 cm³/mol. The molecule has 7 nitrogen and oxygen atoms in total. The molecule has 33 heavy (non-hydrogen) atoms. The molecule has 2 N–H and O–H groups in total. The van der Waals surface area contributed by atoms with Gasteiger partial charge < -0.3 is 19.9 Å². The van der Waals surface area contributed by atoms with Crippen molar-refractivity contribution in [2.24, 2.45) is 0 Å². The number of nitrogens with one attached hydrogen (secondary N) is 2. The number of urea groups is 1. The van der Waals surface area contributed by atoms with Crippen LogP contribution >= 0.6 is 0 Å². The average Bonchev–Trinajstić information content (AvgIpc) is 2.79. The fourth-order valence-electron chi connectivity index (χ4n) is 4.14. The molecular weight excluding hydrogens is 423 g/mol. The molecule has 0 saturated carbocycles. The maximum absolute atomic E-state index is 14.1. The number of nitrogens with zero attached hydrogens (tertiary/aromatic N) is 2. The zero-order valence-electron chi connectivity index (χ0n) is 19.0. The summed E-state index contributed by atoms with van der Waals surface area (Å²) in [6.45, 7) is 8.02. The summed E-state index contributed by atoms with van der Waals surface area (Å²) >= 11 is 0. The predicted octanol–water partition coefficient (Wildman–Crippen LogP) is 3.65. The molecule has 0 unspecified atom stereocenters. The van der Waals surface area contributed by atoms with Gasteiger partial charge in [0, 0.05) is 42.6 Å². The van der Waals surface area contributed by atoms with Crippen molar-refractivity contribution in [2.75, 3.05) is 44.7 Å². The second kappa shape index (κ2) is 10.1. The second-order valence-corrected chi connectivity index (χ2v) is 8.45. The van der Waals surface area contributed by atoms with Gasteiger partial charge in [0.1, 0.15) is 5.82 Å². The van der Waals surface area contributed by atoms with Crippen molar-refractivity contribution < 1.29 is 13.9 Å². The number of aromatic amines is 1. The molecule has 1 aliphatic heterocycles. The highest BCUT2D eigenvalue weighted by atomic mass is 19.1. The van der Waals surface area contributed by atoms with E-state index in [-0.39, 0.29) is 17.8 Å². The third-order valence-electron chi connectivity index (χ3n) is 5.94. The number of hydrogen-bond acceptors (Lipinski definition) is 4. The van der Waals surface area contributed by atoms with E-state index in [1.807, 2.05) is 26.0 Å². The van der Waals surface area contributed by atoms with Crippen molar-refractivity contribution in [2.45, 2.75) is 20.4 Å². The molecule has 8 heteroatoms. The lowest BCUT2D eigenvalue weighted by atomic mass is 10.0. The summed E-state index contributed by atoms with van der Waals surface area (Å²) < 4.78 is 19.5. The van der Waals surface area contributed by atoms with E-state index in [0.717, 1.165) is 35.1 Å². The van der Waals surface area contributed by atoms with Crippen molar-refractivity contribution in [1.82, 2.24) is 14.8 Å². The number of halogens is 1. The van der Waals surface area contributed by atoms with Gasteiger partial charge in [-0.05, 0) is 49.2 Å². The molecule has 4 rings (SSSR count). The van der Waals surface area contributed by atoms with E-state index in [1.54, 1.807) is 17.0 Å². The molecule has 1 fully saturated rings. The minimum Gasteiger partial charge on any atom is -0.379 e. The molecule has 2 heterocycles. The van der Waals surface area contributed by atoms with Gasteiger partial charge in [-0.2, -0.15) is 0 Å². The van der Waals surface area contributed by atoms with E-state index in [2.05, 4.69) is 21.3 Å². The van der Waals surface area contributed by atoms with Gasteiger partial charge in [-0.1, -0.05) is 18.2 Å². The lowest BCUT2D eigenvalue weighted by molar-refractivity contribution is 0.0349. The summed E-state index contributed by atoms with van der Waals surface area (Å²) in [4.78, 5) is 32.7. The number of pyridine rings is 1. The van der Waals surface area contributed by atoms with Crippen molar-refractivity contribution in [1.29, 1.82) is 0 Å². The molecule has 0 spiro atoms. The first-order chi connectivity index (χ1) is 15.9. The van der Waals surface area contributed by atoms with Crippen LogP contribution in [0, 0.1) is 19.7 Å². The van der Waals surface area contributed by atoms with Gasteiger partial charge in [-0.15, -0.1) is 0 Å². The van der Waals surface area contributed by atoms with Gasteiger partial charge in [-0.25, -0.2) is 9.18 Å². The number of carbonyl (C=O) groups excluding carboxylic acids is 1. The quantitative estimate of drug-likeness (QED) is 0.599. The van der Waals surface area contributed by atoms with E-state index in [9.17, 15) is 14.0 Å². The minimum atomic E-state index is -0.506. The van der Waals surface area contributed by atoms with Crippen LogP contribution in [0.1, 0.15) is 16.7 Å². The highest BCUT2D eigenvalue weighted by molar-refractivity contribution is 5.89. The smallest absolute Gasteiger partial charge is 0.322 e. The van der Waals surface area contributed by atoms with E-state index in [0.29, 0.717) is 31.9 Å². The Morgan fingerprint density at radius 2 is 1.94 bits per heavy atom. The Labute approximate surface area is 192 Å². The maximum atomic E-state index is 14.1. The van der Waals surface area contributed by atoms with Crippen LogP contribution in [0.3, 0.4) is 0 Å². The molecular formula is C25H29FN4O3. The fourth-order valence-corrected chi connectivity index (χ4v) is 4.14. The Morgan fingerprint density at radius 1 is 1.18 bits per heavy atom. The summed E-state index contributed by atoms with van der Waals surface area (Å²) in [6.07, 6.45) is 0. The van der Waals surface area contributed by atoms with Crippen LogP contribution in [-0.2, 0) is 11.3 Å². The number of amides is 2. The third kappa shape index (κ3) is 5.58. The summed E-state index contributed by atoms with van der Waals surface area (Å²) in [5.74, 6) is -0.506. The summed E-state index contributed by atoms with van der Waals surface area (Å²) in [5, 5.41) is 3.59. The van der Waals surface area contributed by atoms with Crippen LogP contribution < -0.4 is 10.9 Å². The number of carbonyl (C=O) groups is 1. The first kappa shape index (κ1) is 22.9. The van der Waals surface area contributed by atoms with Gasteiger partial charge in [-0.3, -0.25) is 9.69 Å². The van der Waals surface area contributed by atoms with Crippen molar-refractivity contribution in [3.8, 4) is 0 Å². The first-order valence-corrected chi connectivity index (χ1v) is 11.1. The van der Waals surface area contributed by atoms with Crippen molar-refractivity contribution in [3.05, 3.63) is 75.3 Å². The number of hydrogen-bond donors (Lipinski definition) is 2. The van der Waals surface area contributed by atoms with Gasteiger partial charge in [0.25, 0.3) is 5.56 Å². The van der Waals surface area contributed by atoms with Gasteiger partial charge in [0.15, 0.2) is 0 Å². The number of para-hydroxylation sites is 1. The van der Waals surface area contributed by atoms with E-state index in [4.69, 9.17) is 4.74 Å². The van der Waals surface area contributed by atoms with Crippen molar-refractivity contribution in [3.63, 3.8) is 0 Å². The SMILES string of the molecule is Cc1cc(C)c2cc(CN(CCN3CCOCC3)C(=O)Nc3ccccc3F)c(=O)[nH]c2c1. The number of aryl methyl sites for hydroxylation is 2. The van der Waals surface area contributed by atoms with Crippen molar-refractivity contribution >= 4 is 22.6 Å². The molecule has 0 atom stereocenters. The fraction of sp³-hybridized carbons (Fsp3) is 0.360. The van der Waals surface area contributed by atoms with Gasteiger partial charge in [0.05, 0.1) is 25.4 Å². The van der Waals surface area contributed by atoms with E-state index >= 15 is 0 Å². The highest BCUT2D eigenvalue weighted by Crippen LogP contribution is 2.20. The third-order valence-corrected chi connectivity index (χ3v) is 5.94. The number of rotatable bonds is 6. The highest BCUT2D eigenvalue weighted by Gasteiger charge is 2.20. The normalized spacial score (nSPS) is 14.4. The number of H-pyrrole nitrogens is 1. The molecule has 0 aliphatic carbocycles. The Balaban J connectivity index is 1.59. The number of ether oxygens (including phenoxy) is 1. The molecule has 1 saturated heterocycles. The molecule has 0 radical (unpaired) electrons. The Morgan fingerprint density at radius 3 is 2.70 bits per heavy atom. The Bertz CT molecular complexity index is 1200. The molecule has 1 aromatic heterocycles. The molecule has 174 valence electrons. The van der Waals surface area contributed by atoms with Crippen LogP contribution in [0.15, 0.2) is 47.3 Å². The van der Waals surface area contributed by atoms with Crippen LogP contribution in [0.2, 0.25) is 0 Å². The molecule has 1 aliphatic rings. The van der Waals surface area contributed by atoms with Gasteiger partial charge in [0.2, 0.25) is 0 Å². The first-order valence-electron chi connectivity index (χ1n) is 11.1. The Hall–Kier alpha value is -3.23. The van der Waals surface area contributed by atoms with E-state index in [1.165, 1.54) is 12.1 Å². The Kier molecular flexibility index (Phi) is 7.05. The number of anilines is 1. The second-order valence-electron chi connectivity index (χ2n) is 8.45. The van der Waals surface area contributed by atoms with E-state index < -0.39 is 11.8 Å². The summed E-state index contributed by atoms with van der Waals surface area (Å²) in [5.41, 5.74) is 3.26. The van der Waals surface area contributed by atoms with Crippen LogP contribution in [0.4, 0.5) is 14.9 Å². The number of fused-ring (bicyclic) bond motifs is 1. The number of morpholine rings is 1. The molecule has 0 bridgehead atoms. The number of aromatic nitrogens is 1. The standard InChI is InChI=1S/C25H29FN4O3/c1-17-13-18(2)20-15-19(24(31)27-23(20)14-17)16-30(8-7-29-9-11-33-12-10-29)25(32)28-22-6-4-3-5-21(22)26/h3-6,13-15H,7-12,16H2,1-2H3,(H,27,31)(H,28,32). The monoisotopic (exact) mass is 452 g/mol. The summed E-state index contributed by atoms with van der Waals surface area (Å²) in [6, 6.07) is 11.4. The molecule has 3 aromatic rings. The largest absolute Gasteiger partial charge is 0.379 e. The maximum Gasteiger partial charge on any atom is 0.322 e. The minimum absolute atomic E-state index is 0.109. The molecule has 2 amide bonds. The summed E-state index contributed by atoms with van der Waals surface area (Å²) in [7, 11) is 0. The lowest BCUT2D eigenvalue weighted by Gasteiger charge is -2.30. The van der Waals surface area contributed by atoms with Gasteiger partial charge >= 0.3 is 6.03 Å². The van der Waals surface area contributed by atoms with Crippen LogP contribution in [-0.4, -0.2) is 60.2 Å². The van der Waals surface area contributed by atoms with Crippen LogP contribution in [0.25, 0.3) is 10.9 Å². The lowest BCUT2D eigenvalue weighted by Crippen LogP contribution is -2.44. The number of benzene rings is 2. The molecule has 2 aromatic carbocycles. The average molecular weight is 453 g/mol. The zero-order chi connectivity index (χ0) is 23.4. The zero-order valence-corrected chi connectivity index (χ0v) is 19.0.